The first-order valence-corrected chi connectivity index (χ1v) is 34.4. The van der Waals surface area contributed by atoms with E-state index >= 15 is 0 Å². The summed E-state index contributed by atoms with van der Waals surface area (Å²) in [6.07, 6.45) is 93.5. The van der Waals surface area contributed by atoms with Gasteiger partial charge in [-0.3, -0.25) is 4.79 Å². The molecule has 2 unspecified atom stereocenters. The average molecular weight is 1050 g/mol. The maximum atomic E-state index is 12.5. The summed E-state index contributed by atoms with van der Waals surface area (Å²) in [5.74, 6) is -0.0710. The number of hydrogen-bond acceptors (Lipinski definition) is 3. The van der Waals surface area contributed by atoms with E-state index in [0.29, 0.717) is 6.42 Å². The first kappa shape index (κ1) is 73.3. The zero-order valence-corrected chi connectivity index (χ0v) is 51.1. The maximum Gasteiger partial charge on any atom is 0.220 e. The van der Waals surface area contributed by atoms with Gasteiger partial charge in [0.05, 0.1) is 18.8 Å². The minimum atomic E-state index is -0.871. The van der Waals surface area contributed by atoms with Crippen LogP contribution < -0.4 is 5.32 Å². The third-order valence-corrected chi connectivity index (χ3v) is 16.0. The van der Waals surface area contributed by atoms with E-state index in [1.54, 1.807) is 6.08 Å². The Morgan fingerprint density at radius 1 is 0.307 bits per heavy atom. The van der Waals surface area contributed by atoms with Crippen LogP contribution in [0, 0.1) is 0 Å². The summed E-state index contributed by atoms with van der Waals surface area (Å²) in [5, 5.41) is 23.2. The molecule has 0 bridgehead atoms. The normalized spacial score (nSPS) is 13.0. The van der Waals surface area contributed by atoms with E-state index in [1.807, 2.05) is 6.08 Å². The molecule has 0 aromatic rings. The minimum Gasteiger partial charge on any atom is -0.394 e. The Hall–Kier alpha value is -1.65. The van der Waals surface area contributed by atoms with E-state index in [0.717, 1.165) is 38.5 Å². The summed E-state index contributed by atoms with van der Waals surface area (Å²) in [5.41, 5.74) is 0. The fourth-order valence-electron chi connectivity index (χ4n) is 10.8. The third-order valence-electron chi connectivity index (χ3n) is 16.0. The van der Waals surface area contributed by atoms with Crippen LogP contribution in [-0.4, -0.2) is 34.9 Å². The largest absolute Gasteiger partial charge is 0.394 e. The molecular formula is C71H135NO3. The first-order chi connectivity index (χ1) is 37.2. The molecule has 4 heteroatoms. The van der Waals surface area contributed by atoms with Crippen LogP contribution in [0.15, 0.2) is 48.6 Å². The molecule has 0 rings (SSSR count). The second-order valence-electron chi connectivity index (χ2n) is 23.6. The molecule has 0 heterocycles. The van der Waals surface area contributed by atoms with Crippen LogP contribution in [0.25, 0.3) is 0 Å². The molecule has 442 valence electrons. The molecule has 0 aliphatic rings. The number of rotatable bonds is 64. The van der Waals surface area contributed by atoms with Crippen LogP contribution in [0.3, 0.4) is 0 Å². The Morgan fingerprint density at radius 2 is 0.520 bits per heavy atom. The maximum absolute atomic E-state index is 12.5. The Labute approximate surface area is 471 Å². The van der Waals surface area contributed by atoms with Crippen molar-refractivity contribution in [2.45, 2.75) is 392 Å². The molecule has 0 saturated heterocycles. The van der Waals surface area contributed by atoms with Crippen LogP contribution in [0.2, 0.25) is 0 Å². The van der Waals surface area contributed by atoms with E-state index in [2.05, 4.69) is 55.6 Å². The molecule has 2 atom stereocenters. The van der Waals surface area contributed by atoms with Gasteiger partial charge in [-0.1, -0.05) is 351 Å². The predicted molar refractivity (Wildman–Crippen MR) is 336 cm³/mol. The van der Waals surface area contributed by atoms with Crippen LogP contribution in [0.5, 0.6) is 0 Å². The molecule has 0 fully saturated rings. The number of nitrogens with one attached hydrogen (secondary N) is 1. The second-order valence-corrected chi connectivity index (χ2v) is 23.6. The molecule has 0 spiro atoms. The Kier molecular flexibility index (Phi) is 65.2. The molecule has 0 saturated carbocycles. The number of unbranched alkanes of at least 4 members (excludes halogenated alkanes) is 51. The molecule has 3 N–H and O–H groups in total. The van der Waals surface area contributed by atoms with Crippen LogP contribution in [0.4, 0.5) is 0 Å². The highest BCUT2D eigenvalue weighted by molar-refractivity contribution is 5.76. The summed E-state index contributed by atoms with van der Waals surface area (Å²) in [6, 6.07) is -0.646. The number of amides is 1. The van der Waals surface area contributed by atoms with Crippen molar-refractivity contribution in [2.75, 3.05) is 6.61 Å². The Balaban J connectivity index is 3.42. The van der Waals surface area contributed by atoms with Gasteiger partial charge in [-0.2, -0.15) is 0 Å². The Morgan fingerprint density at radius 3 is 0.773 bits per heavy atom. The van der Waals surface area contributed by atoms with Crippen molar-refractivity contribution in [1.82, 2.24) is 5.32 Å². The molecule has 0 aliphatic carbocycles. The Bertz CT molecular complexity index is 1190. The average Bonchev–Trinajstić information content (AvgIpc) is 3.41. The highest BCUT2D eigenvalue weighted by Crippen LogP contribution is 2.18. The van der Waals surface area contributed by atoms with Crippen molar-refractivity contribution in [3.05, 3.63) is 48.6 Å². The second kappa shape index (κ2) is 66.6. The summed E-state index contributed by atoms with van der Waals surface area (Å²) in [4.78, 5) is 12.5. The van der Waals surface area contributed by atoms with E-state index in [4.69, 9.17) is 0 Å². The van der Waals surface area contributed by atoms with Crippen molar-refractivity contribution >= 4 is 5.91 Å². The molecular weight excluding hydrogens is 915 g/mol. The lowest BCUT2D eigenvalue weighted by atomic mass is 10.0. The topological polar surface area (TPSA) is 69.6 Å². The number of carbonyl (C=O) groups excluding carboxylic acids is 1. The van der Waals surface area contributed by atoms with Gasteiger partial charge >= 0.3 is 0 Å². The fraction of sp³-hybridized carbons (Fsp3) is 0.873. The van der Waals surface area contributed by atoms with Gasteiger partial charge in [0.1, 0.15) is 0 Å². The highest BCUT2D eigenvalue weighted by atomic mass is 16.3. The zero-order valence-electron chi connectivity index (χ0n) is 51.1. The van der Waals surface area contributed by atoms with E-state index in [9.17, 15) is 15.0 Å². The lowest BCUT2D eigenvalue weighted by molar-refractivity contribution is -0.123. The molecule has 0 aromatic heterocycles. The number of aliphatic hydroxyl groups is 2. The molecule has 4 nitrogen and oxygen atoms in total. The van der Waals surface area contributed by atoms with Gasteiger partial charge in [0.2, 0.25) is 5.91 Å². The highest BCUT2D eigenvalue weighted by Gasteiger charge is 2.18. The van der Waals surface area contributed by atoms with Crippen molar-refractivity contribution in [2.24, 2.45) is 0 Å². The van der Waals surface area contributed by atoms with E-state index in [-0.39, 0.29) is 12.5 Å². The number of allylic oxidation sites excluding steroid dienone is 7. The lowest BCUT2D eigenvalue weighted by Crippen LogP contribution is -2.45. The van der Waals surface area contributed by atoms with Crippen molar-refractivity contribution in [3.8, 4) is 0 Å². The summed E-state index contributed by atoms with van der Waals surface area (Å²) in [6.45, 7) is 4.33. The van der Waals surface area contributed by atoms with Crippen LogP contribution in [-0.2, 0) is 4.79 Å². The van der Waals surface area contributed by atoms with Crippen LogP contribution in [0.1, 0.15) is 380 Å². The van der Waals surface area contributed by atoms with Gasteiger partial charge < -0.3 is 15.5 Å². The minimum absolute atomic E-state index is 0.0710. The third kappa shape index (κ3) is 63.1. The van der Waals surface area contributed by atoms with Crippen molar-refractivity contribution in [3.63, 3.8) is 0 Å². The molecule has 1 amide bonds. The number of aliphatic hydroxyl groups excluding tert-OH is 2. The fourth-order valence-corrected chi connectivity index (χ4v) is 10.8. The van der Waals surface area contributed by atoms with Gasteiger partial charge in [0.25, 0.3) is 0 Å². The summed E-state index contributed by atoms with van der Waals surface area (Å²) >= 11 is 0. The molecule has 0 aliphatic heterocycles. The van der Waals surface area contributed by atoms with Gasteiger partial charge in [-0.25, -0.2) is 0 Å². The molecule has 0 radical (unpaired) electrons. The van der Waals surface area contributed by atoms with Gasteiger partial charge in [-0.05, 0) is 70.6 Å². The summed E-state index contributed by atoms with van der Waals surface area (Å²) < 4.78 is 0. The smallest absolute Gasteiger partial charge is 0.220 e. The monoisotopic (exact) mass is 1050 g/mol. The van der Waals surface area contributed by atoms with E-state index < -0.39 is 12.1 Å². The van der Waals surface area contributed by atoms with E-state index in [1.165, 1.54) is 321 Å². The molecule has 75 heavy (non-hydrogen) atoms. The number of carbonyl (C=O) groups is 1. The van der Waals surface area contributed by atoms with Gasteiger partial charge in [-0.15, -0.1) is 0 Å². The van der Waals surface area contributed by atoms with Crippen LogP contribution >= 0.6 is 0 Å². The van der Waals surface area contributed by atoms with Gasteiger partial charge in [0.15, 0.2) is 0 Å². The molecule has 0 aromatic carbocycles. The van der Waals surface area contributed by atoms with Gasteiger partial charge in [0, 0.05) is 6.42 Å². The SMILES string of the molecule is CCCCCCCCCC/C=C\CCCCCCCCCCCCCCCCCCCCCCCCCCCCCCCC(=O)NC(CO)C(O)/C=C/CC/C=C/CC/C=C/CCCCCCCCCCCCCC. The predicted octanol–water partition coefficient (Wildman–Crippen LogP) is 23.3. The standard InChI is InChI=1S/C71H135NO3/c1-3-5-7-9-11-13-15-17-19-21-23-25-27-28-29-30-31-32-33-34-35-36-37-38-39-40-41-42-43-44-45-47-49-51-53-55-57-59-61-63-65-67-71(75)72-69(68-73)70(74)66-64-62-60-58-56-54-52-50-48-46-26-24-22-20-18-16-14-12-10-8-6-4-2/h21,23,48,50,56,58,64,66,69-70,73-74H,3-20,22,24-47,49,51-55,57,59-63,65,67-68H2,1-2H3,(H,72,75)/b23-21-,50-48+,58-56+,66-64+. The lowest BCUT2D eigenvalue weighted by Gasteiger charge is -2.19. The zero-order chi connectivity index (χ0) is 54.1. The number of hydrogen-bond donors (Lipinski definition) is 3. The van der Waals surface area contributed by atoms with Crippen molar-refractivity contribution < 1.29 is 15.0 Å². The quantitative estimate of drug-likeness (QED) is 0.0420. The van der Waals surface area contributed by atoms with Crippen molar-refractivity contribution in [1.29, 1.82) is 0 Å². The summed E-state index contributed by atoms with van der Waals surface area (Å²) in [7, 11) is 0. The first-order valence-electron chi connectivity index (χ1n) is 34.4.